The number of benzene rings is 2. The molecule has 0 aromatic heterocycles. The maximum absolute atomic E-state index is 13.9. The van der Waals surface area contributed by atoms with Gasteiger partial charge in [0, 0.05) is 36.5 Å². The lowest BCUT2D eigenvalue weighted by Gasteiger charge is -2.31. The first-order valence-electron chi connectivity index (χ1n) is 12.8. The highest BCUT2D eigenvalue weighted by atomic mass is 16.5. The highest BCUT2D eigenvalue weighted by Crippen LogP contribution is 2.44. The number of aliphatic hydroxyl groups is 1. The van der Waals surface area contributed by atoms with E-state index in [1.165, 1.54) is 0 Å². The molecule has 0 unspecified atom stereocenters. The number of hydrogen-bond acceptors (Lipinski definition) is 6. The number of ether oxygens (including phenoxy) is 2. The number of nitrogens with one attached hydrogen (secondary N) is 1. The molecule has 0 radical (unpaired) electrons. The van der Waals surface area contributed by atoms with Crippen molar-refractivity contribution in [1.82, 2.24) is 5.32 Å². The molecule has 0 bridgehead atoms. The summed E-state index contributed by atoms with van der Waals surface area (Å²) in [5, 5.41) is 15.8. The monoisotopic (exact) mass is 519 g/mol. The van der Waals surface area contributed by atoms with Crippen LogP contribution in [0.25, 0.3) is 10.4 Å². The number of amides is 1. The summed E-state index contributed by atoms with van der Waals surface area (Å²) >= 11 is 0. The van der Waals surface area contributed by atoms with Gasteiger partial charge in [0.25, 0.3) is 5.91 Å². The second-order valence-electron chi connectivity index (χ2n) is 10.4. The van der Waals surface area contributed by atoms with Crippen LogP contribution >= 0.6 is 0 Å². The molecule has 0 saturated heterocycles. The summed E-state index contributed by atoms with van der Waals surface area (Å²) in [7, 11) is 0. The van der Waals surface area contributed by atoms with E-state index < -0.39 is 11.6 Å². The number of carbonyl (C=O) groups is 1. The predicted molar refractivity (Wildman–Crippen MR) is 148 cm³/mol. The van der Waals surface area contributed by atoms with Gasteiger partial charge in [0.1, 0.15) is 5.75 Å². The molecule has 2 N–H and O–H groups in total. The van der Waals surface area contributed by atoms with Crippen molar-refractivity contribution in [3.8, 4) is 5.75 Å². The highest BCUT2D eigenvalue weighted by molar-refractivity contribution is 6.01. The Hall–Kier alpha value is -3.81. The van der Waals surface area contributed by atoms with Crippen LogP contribution in [0, 0.1) is 5.41 Å². The lowest BCUT2D eigenvalue weighted by atomic mass is 9.82. The number of aliphatic imine (C=N–C) groups is 1. The summed E-state index contributed by atoms with van der Waals surface area (Å²) in [5.74, 6) is 0.752. The van der Waals surface area contributed by atoms with Gasteiger partial charge < -0.3 is 19.9 Å². The Bertz CT molecular complexity index is 1180. The van der Waals surface area contributed by atoms with Crippen LogP contribution in [0.2, 0.25) is 0 Å². The van der Waals surface area contributed by atoms with Crippen LogP contribution < -0.4 is 10.1 Å². The number of nitrogens with zero attached hydrogens (tertiary/aromatic N) is 4. The largest absolute Gasteiger partial charge is 0.494 e. The average Bonchev–Trinajstić information content (AvgIpc) is 3.28. The fourth-order valence-electron chi connectivity index (χ4n) is 4.26. The molecule has 3 rings (SSSR count). The summed E-state index contributed by atoms with van der Waals surface area (Å²) in [5.41, 5.74) is 9.86. The molecule has 38 heavy (non-hydrogen) atoms. The minimum absolute atomic E-state index is 0.0573. The SMILES string of the molecule is C=CC[C@@]1(C(=O)NCCC(C)(C)C)N=C(c2ccc(OCCCO)cc2)O[C@@H]1c1ccccc1CN=[N+]=[N-]. The van der Waals surface area contributed by atoms with E-state index in [1.54, 1.807) is 18.2 Å². The Balaban J connectivity index is 2.02. The Kier molecular flexibility index (Phi) is 9.93. The molecule has 2 aromatic rings. The van der Waals surface area contributed by atoms with Crippen molar-refractivity contribution in [1.29, 1.82) is 0 Å². The molecule has 0 aliphatic carbocycles. The van der Waals surface area contributed by atoms with E-state index in [2.05, 4.69) is 42.7 Å². The second kappa shape index (κ2) is 13.1. The molecule has 2 atom stereocenters. The summed E-state index contributed by atoms with van der Waals surface area (Å²) < 4.78 is 12.1. The fourth-order valence-corrected chi connectivity index (χ4v) is 4.26. The number of hydrogen-bond donors (Lipinski definition) is 2. The maximum Gasteiger partial charge on any atom is 0.252 e. The number of rotatable bonds is 13. The number of aliphatic hydroxyl groups excluding tert-OH is 1. The van der Waals surface area contributed by atoms with Gasteiger partial charge in [-0.25, -0.2) is 4.99 Å². The molecule has 0 saturated carbocycles. The molecular weight excluding hydrogens is 482 g/mol. The Labute approximate surface area is 224 Å². The maximum atomic E-state index is 13.9. The second-order valence-corrected chi connectivity index (χ2v) is 10.4. The topological polar surface area (TPSA) is 129 Å². The van der Waals surface area contributed by atoms with Crippen molar-refractivity contribution in [2.24, 2.45) is 15.5 Å². The van der Waals surface area contributed by atoms with Crippen LogP contribution in [0.3, 0.4) is 0 Å². The first-order chi connectivity index (χ1) is 18.2. The molecular formula is C29H37N5O4. The van der Waals surface area contributed by atoms with E-state index in [0.29, 0.717) is 36.8 Å². The van der Waals surface area contributed by atoms with Gasteiger partial charge >= 0.3 is 0 Å². The van der Waals surface area contributed by atoms with Gasteiger partial charge in [-0.05, 0) is 52.8 Å². The Morgan fingerprint density at radius 1 is 1.29 bits per heavy atom. The van der Waals surface area contributed by atoms with Gasteiger partial charge in [0.15, 0.2) is 11.6 Å². The van der Waals surface area contributed by atoms with Gasteiger partial charge in [-0.2, -0.15) is 0 Å². The summed E-state index contributed by atoms with van der Waals surface area (Å²) in [6.45, 7) is 11.4. The van der Waals surface area contributed by atoms with Crippen LogP contribution in [-0.2, 0) is 16.1 Å². The van der Waals surface area contributed by atoms with Crippen molar-refractivity contribution >= 4 is 11.8 Å². The number of carbonyl (C=O) groups excluding carboxylic acids is 1. The van der Waals surface area contributed by atoms with E-state index in [1.807, 2.05) is 36.4 Å². The quantitative estimate of drug-likeness (QED) is 0.117. The van der Waals surface area contributed by atoms with Crippen LogP contribution in [0.5, 0.6) is 5.75 Å². The molecule has 1 aliphatic heterocycles. The van der Waals surface area contributed by atoms with Crippen molar-refractivity contribution < 1.29 is 19.4 Å². The first-order valence-corrected chi connectivity index (χ1v) is 12.8. The van der Waals surface area contributed by atoms with Gasteiger partial charge in [-0.15, -0.1) is 6.58 Å². The van der Waals surface area contributed by atoms with Crippen molar-refractivity contribution in [2.45, 2.75) is 58.2 Å². The van der Waals surface area contributed by atoms with Gasteiger partial charge in [-0.3, -0.25) is 4.79 Å². The fraction of sp³-hybridized carbons (Fsp3) is 0.448. The van der Waals surface area contributed by atoms with Crippen LogP contribution in [0.15, 0.2) is 71.3 Å². The molecule has 9 nitrogen and oxygen atoms in total. The Morgan fingerprint density at radius 2 is 2.03 bits per heavy atom. The van der Waals surface area contributed by atoms with Crippen LogP contribution in [-0.4, -0.2) is 42.2 Å². The van der Waals surface area contributed by atoms with E-state index in [4.69, 9.17) is 25.1 Å². The van der Waals surface area contributed by atoms with E-state index >= 15 is 0 Å². The smallest absolute Gasteiger partial charge is 0.252 e. The van der Waals surface area contributed by atoms with Gasteiger partial charge in [-0.1, -0.05) is 56.2 Å². The molecule has 0 spiro atoms. The van der Waals surface area contributed by atoms with Crippen molar-refractivity contribution in [3.05, 3.63) is 88.3 Å². The summed E-state index contributed by atoms with van der Waals surface area (Å²) in [6.07, 6.45) is 2.52. The first kappa shape index (κ1) is 28.8. The third-order valence-electron chi connectivity index (χ3n) is 6.29. The van der Waals surface area contributed by atoms with Crippen LogP contribution in [0.1, 0.15) is 62.8 Å². The minimum Gasteiger partial charge on any atom is -0.494 e. The van der Waals surface area contributed by atoms with Crippen molar-refractivity contribution in [3.63, 3.8) is 0 Å². The molecule has 1 heterocycles. The van der Waals surface area contributed by atoms with E-state index in [0.717, 1.165) is 17.5 Å². The standard InChI is InChI=1S/C29H37N5O4/c1-5-15-29(27(36)31-17-16-28(2,3)4)25(24-10-7-6-9-22(24)20-32-34-30)38-26(33-29)21-11-13-23(14-12-21)37-19-8-18-35/h5-7,9-14,25,35H,1,8,15-20H2,2-4H3,(H,31,36)/t25-,29-/m1/s1. The molecule has 1 aliphatic rings. The predicted octanol–water partition coefficient (Wildman–Crippen LogP) is 5.64. The lowest BCUT2D eigenvalue weighted by molar-refractivity contribution is -0.128. The molecule has 0 fully saturated rings. The summed E-state index contributed by atoms with van der Waals surface area (Å²) in [4.78, 5) is 21.7. The molecule has 202 valence electrons. The average molecular weight is 520 g/mol. The van der Waals surface area contributed by atoms with Crippen molar-refractivity contribution in [2.75, 3.05) is 19.8 Å². The third-order valence-corrected chi connectivity index (χ3v) is 6.29. The zero-order valence-corrected chi connectivity index (χ0v) is 22.4. The number of azide groups is 1. The molecule has 9 heteroatoms. The third kappa shape index (κ3) is 7.15. The Morgan fingerprint density at radius 3 is 2.68 bits per heavy atom. The van der Waals surface area contributed by atoms with Gasteiger partial charge in [0.2, 0.25) is 5.90 Å². The normalized spacial score (nSPS) is 18.6. The lowest BCUT2D eigenvalue weighted by Crippen LogP contribution is -2.48. The zero-order valence-electron chi connectivity index (χ0n) is 22.4. The van der Waals surface area contributed by atoms with E-state index in [9.17, 15) is 4.79 Å². The van der Waals surface area contributed by atoms with Gasteiger partial charge in [0.05, 0.1) is 13.2 Å². The zero-order chi connectivity index (χ0) is 27.6. The van der Waals surface area contributed by atoms with Crippen LogP contribution in [0.4, 0.5) is 0 Å². The molecule has 2 aromatic carbocycles. The molecule has 1 amide bonds. The summed E-state index contributed by atoms with van der Waals surface area (Å²) in [6, 6.07) is 14.7. The van der Waals surface area contributed by atoms with E-state index in [-0.39, 0.29) is 30.9 Å². The highest BCUT2D eigenvalue weighted by Gasteiger charge is 2.52. The minimum atomic E-state index is -1.29.